The van der Waals surface area contributed by atoms with E-state index in [-0.39, 0.29) is 5.91 Å². The van der Waals surface area contributed by atoms with Crippen molar-refractivity contribution in [3.8, 4) is 16.9 Å². The SMILES string of the molecule is CC(=O)Nc1cc(-c2cc(C(N)=O)cn2-c2ccc(N)cc2Cl)c(C)cn1. The summed E-state index contributed by atoms with van der Waals surface area (Å²) in [6, 6.07) is 8.52. The third kappa shape index (κ3) is 3.78. The molecular weight excluding hydrogens is 366 g/mol. The molecular formula is C19H18ClN5O2. The summed E-state index contributed by atoms with van der Waals surface area (Å²) < 4.78 is 1.77. The van der Waals surface area contributed by atoms with Gasteiger partial charge in [-0.05, 0) is 42.8 Å². The molecule has 0 radical (unpaired) electrons. The molecule has 0 aliphatic heterocycles. The number of nitrogens with one attached hydrogen (secondary N) is 1. The highest BCUT2D eigenvalue weighted by Crippen LogP contribution is 2.33. The molecule has 5 N–H and O–H groups in total. The van der Waals surface area contributed by atoms with Gasteiger partial charge < -0.3 is 21.4 Å². The first-order valence-corrected chi connectivity index (χ1v) is 8.46. The van der Waals surface area contributed by atoms with Crippen LogP contribution in [0.15, 0.2) is 42.7 Å². The maximum Gasteiger partial charge on any atom is 0.250 e. The molecule has 2 heterocycles. The van der Waals surface area contributed by atoms with Crippen LogP contribution in [-0.2, 0) is 4.79 Å². The van der Waals surface area contributed by atoms with Gasteiger partial charge in [-0.1, -0.05) is 11.6 Å². The summed E-state index contributed by atoms with van der Waals surface area (Å²) >= 11 is 6.37. The van der Waals surface area contributed by atoms with Crippen molar-refractivity contribution in [2.24, 2.45) is 5.73 Å². The van der Waals surface area contributed by atoms with Gasteiger partial charge in [0.05, 0.1) is 22.0 Å². The molecule has 7 nitrogen and oxygen atoms in total. The number of hydrogen-bond acceptors (Lipinski definition) is 4. The number of benzene rings is 1. The number of aryl methyl sites for hydroxylation is 1. The second-order valence-electron chi connectivity index (χ2n) is 6.12. The number of pyridine rings is 1. The summed E-state index contributed by atoms with van der Waals surface area (Å²) in [5.41, 5.74) is 15.1. The molecule has 27 heavy (non-hydrogen) atoms. The lowest BCUT2D eigenvalue weighted by atomic mass is 10.1. The Hall–Kier alpha value is -3.32. The summed E-state index contributed by atoms with van der Waals surface area (Å²) in [7, 11) is 0. The molecule has 138 valence electrons. The highest BCUT2D eigenvalue weighted by molar-refractivity contribution is 6.32. The van der Waals surface area contributed by atoms with Crippen LogP contribution in [0.4, 0.5) is 11.5 Å². The second kappa shape index (κ2) is 7.13. The smallest absolute Gasteiger partial charge is 0.250 e. The van der Waals surface area contributed by atoms with E-state index in [4.69, 9.17) is 23.1 Å². The highest BCUT2D eigenvalue weighted by Gasteiger charge is 2.17. The number of nitrogens with zero attached hydrogens (tertiary/aromatic N) is 2. The lowest BCUT2D eigenvalue weighted by Crippen LogP contribution is -2.09. The summed E-state index contributed by atoms with van der Waals surface area (Å²) in [6.45, 7) is 3.29. The van der Waals surface area contributed by atoms with E-state index in [1.807, 2.05) is 6.92 Å². The van der Waals surface area contributed by atoms with Gasteiger partial charge in [-0.2, -0.15) is 0 Å². The van der Waals surface area contributed by atoms with E-state index in [1.54, 1.807) is 47.3 Å². The van der Waals surface area contributed by atoms with Crippen LogP contribution >= 0.6 is 11.6 Å². The molecule has 0 atom stereocenters. The van der Waals surface area contributed by atoms with Gasteiger partial charge in [0.25, 0.3) is 0 Å². The summed E-state index contributed by atoms with van der Waals surface area (Å²) in [4.78, 5) is 27.3. The molecule has 0 aliphatic carbocycles. The minimum Gasteiger partial charge on any atom is -0.399 e. The van der Waals surface area contributed by atoms with Crippen molar-refractivity contribution < 1.29 is 9.59 Å². The number of nitrogen functional groups attached to an aromatic ring is 1. The van der Waals surface area contributed by atoms with E-state index in [2.05, 4.69) is 10.3 Å². The van der Waals surface area contributed by atoms with Crippen LogP contribution in [0.2, 0.25) is 5.02 Å². The quantitative estimate of drug-likeness (QED) is 0.600. The molecule has 0 bridgehead atoms. The van der Waals surface area contributed by atoms with Crippen LogP contribution in [0.1, 0.15) is 22.8 Å². The van der Waals surface area contributed by atoms with Gasteiger partial charge in [0.2, 0.25) is 11.8 Å². The second-order valence-corrected chi connectivity index (χ2v) is 6.53. The van der Waals surface area contributed by atoms with Crippen LogP contribution in [0.3, 0.4) is 0 Å². The number of rotatable bonds is 4. The molecule has 0 saturated carbocycles. The minimum atomic E-state index is -0.560. The Morgan fingerprint density at radius 2 is 1.96 bits per heavy atom. The van der Waals surface area contributed by atoms with E-state index in [9.17, 15) is 9.59 Å². The van der Waals surface area contributed by atoms with Crippen molar-refractivity contribution in [2.45, 2.75) is 13.8 Å². The average molecular weight is 384 g/mol. The zero-order valence-corrected chi connectivity index (χ0v) is 15.5. The normalized spacial score (nSPS) is 10.6. The number of halogens is 1. The highest BCUT2D eigenvalue weighted by atomic mass is 35.5. The first kappa shape index (κ1) is 18.5. The largest absolute Gasteiger partial charge is 0.399 e. The molecule has 1 aromatic carbocycles. The molecule has 0 unspecified atom stereocenters. The molecule has 0 saturated heterocycles. The Morgan fingerprint density at radius 3 is 2.59 bits per heavy atom. The van der Waals surface area contributed by atoms with E-state index in [0.29, 0.717) is 33.5 Å². The third-order valence-corrected chi connectivity index (χ3v) is 4.32. The number of nitrogens with two attached hydrogens (primary N) is 2. The number of hydrogen-bond donors (Lipinski definition) is 3. The molecule has 2 amide bonds. The lowest BCUT2D eigenvalue weighted by Gasteiger charge is -2.14. The Morgan fingerprint density at radius 1 is 1.22 bits per heavy atom. The third-order valence-electron chi connectivity index (χ3n) is 4.02. The van der Waals surface area contributed by atoms with Gasteiger partial charge in [0.1, 0.15) is 5.82 Å². The fraction of sp³-hybridized carbons (Fsp3) is 0.105. The Balaban J connectivity index is 2.24. The van der Waals surface area contributed by atoms with Crippen molar-refractivity contribution in [3.63, 3.8) is 0 Å². The lowest BCUT2D eigenvalue weighted by molar-refractivity contribution is -0.114. The predicted molar refractivity (Wildman–Crippen MR) is 106 cm³/mol. The molecule has 0 fully saturated rings. The zero-order chi connectivity index (χ0) is 19.7. The van der Waals surface area contributed by atoms with Gasteiger partial charge in [-0.3, -0.25) is 9.59 Å². The van der Waals surface area contributed by atoms with Crippen molar-refractivity contribution in [3.05, 3.63) is 58.9 Å². The first-order chi connectivity index (χ1) is 12.8. The zero-order valence-electron chi connectivity index (χ0n) is 14.8. The Labute approximate surface area is 161 Å². The molecule has 0 spiro atoms. The maximum atomic E-state index is 11.8. The van der Waals surface area contributed by atoms with Crippen LogP contribution < -0.4 is 16.8 Å². The van der Waals surface area contributed by atoms with Gasteiger partial charge in [-0.15, -0.1) is 0 Å². The van der Waals surface area contributed by atoms with E-state index < -0.39 is 5.91 Å². The van der Waals surface area contributed by atoms with Crippen LogP contribution in [-0.4, -0.2) is 21.4 Å². The summed E-state index contributed by atoms with van der Waals surface area (Å²) in [6.07, 6.45) is 3.26. The number of carbonyl (C=O) groups excluding carboxylic acids is 2. The summed E-state index contributed by atoms with van der Waals surface area (Å²) in [5, 5.41) is 3.08. The Bertz CT molecular complexity index is 1060. The van der Waals surface area contributed by atoms with Crippen molar-refractivity contribution in [2.75, 3.05) is 11.1 Å². The fourth-order valence-electron chi connectivity index (χ4n) is 2.77. The van der Waals surface area contributed by atoms with Crippen molar-refractivity contribution >= 4 is 34.9 Å². The van der Waals surface area contributed by atoms with Crippen LogP contribution in [0.25, 0.3) is 16.9 Å². The number of amides is 2. The number of carbonyl (C=O) groups is 2. The number of anilines is 2. The van der Waals surface area contributed by atoms with Gasteiger partial charge in [0.15, 0.2) is 0 Å². The standard InChI is InChI=1S/C19H18ClN5O2/c1-10-8-23-18(24-11(2)26)7-14(10)17-5-12(19(22)27)9-25(17)16-4-3-13(21)6-15(16)20/h3-9H,21H2,1-2H3,(H2,22,27)(H,23,24,26). The first-order valence-electron chi connectivity index (χ1n) is 8.08. The minimum absolute atomic E-state index is 0.230. The molecule has 3 aromatic rings. The van der Waals surface area contributed by atoms with Crippen LogP contribution in [0.5, 0.6) is 0 Å². The fourth-order valence-corrected chi connectivity index (χ4v) is 3.05. The van der Waals surface area contributed by atoms with Crippen LogP contribution in [0, 0.1) is 6.92 Å². The predicted octanol–water partition coefficient (Wildman–Crippen LogP) is 3.14. The van der Waals surface area contributed by atoms with Gasteiger partial charge >= 0.3 is 0 Å². The van der Waals surface area contributed by atoms with Crippen molar-refractivity contribution in [1.82, 2.24) is 9.55 Å². The number of primary amides is 1. The topological polar surface area (TPSA) is 116 Å². The van der Waals surface area contributed by atoms with E-state index in [0.717, 1.165) is 11.1 Å². The molecule has 8 heteroatoms. The Kier molecular flexibility index (Phi) is 4.87. The molecule has 0 aliphatic rings. The maximum absolute atomic E-state index is 11.8. The van der Waals surface area contributed by atoms with Gasteiger partial charge in [-0.25, -0.2) is 4.98 Å². The molecule has 3 rings (SSSR count). The number of aromatic nitrogens is 2. The molecule has 2 aromatic heterocycles. The summed E-state index contributed by atoms with van der Waals surface area (Å²) in [5.74, 6) is -0.387. The van der Waals surface area contributed by atoms with Crippen molar-refractivity contribution in [1.29, 1.82) is 0 Å². The van der Waals surface area contributed by atoms with E-state index in [1.165, 1.54) is 6.92 Å². The van der Waals surface area contributed by atoms with E-state index >= 15 is 0 Å². The monoisotopic (exact) mass is 383 g/mol. The van der Waals surface area contributed by atoms with Gasteiger partial charge in [0, 0.05) is 30.6 Å². The average Bonchev–Trinajstić information content (AvgIpc) is 3.01.